The molecule has 0 aromatic heterocycles. The lowest BCUT2D eigenvalue weighted by molar-refractivity contribution is -0.145. The molecule has 0 unspecified atom stereocenters. The normalized spacial score (nSPS) is 12.6. The van der Waals surface area contributed by atoms with Crippen LogP contribution in [-0.2, 0) is 29.7 Å². The van der Waals surface area contributed by atoms with Crippen LogP contribution in [0, 0.1) is 0 Å². The molecule has 1 rings (SSSR count). The Hall–Kier alpha value is -2.75. The summed E-state index contributed by atoms with van der Waals surface area (Å²) in [5.74, 6) is -1.58. The Balaban J connectivity index is 2.74. The maximum atomic E-state index is 12.4. The maximum absolute atomic E-state index is 12.4. The molecule has 0 fully saturated rings. The molecule has 0 heterocycles. The average molecular weight is 426 g/mol. The molecule has 29 heavy (non-hydrogen) atoms. The van der Waals surface area contributed by atoms with Crippen molar-refractivity contribution in [1.29, 1.82) is 0 Å². The summed E-state index contributed by atoms with van der Waals surface area (Å²) in [5.41, 5.74) is 5.72. The fraction of sp³-hybridized carbons (Fsp3) is 0.474. The quantitative estimate of drug-likeness (QED) is 0.213. The summed E-state index contributed by atoms with van der Waals surface area (Å²) in [6.45, 7) is 6.81. The monoisotopic (exact) mass is 425 g/mol. The zero-order valence-electron chi connectivity index (χ0n) is 17.0. The summed E-state index contributed by atoms with van der Waals surface area (Å²) in [6, 6.07) is 8.57. The largest absolute Gasteiger partial charge is 0.460 e. The lowest BCUT2D eigenvalue weighted by Crippen LogP contribution is -2.45. The summed E-state index contributed by atoms with van der Waals surface area (Å²) in [7, 11) is 0. The number of benzene rings is 1. The van der Waals surface area contributed by atoms with Gasteiger partial charge in [-0.25, -0.2) is 14.4 Å². The topological polar surface area (TPSA) is 129 Å². The zero-order valence-corrected chi connectivity index (χ0v) is 17.8. The molecule has 1 atom stereocenters. The van der Waals surface area contributed by atoms with Crippen LogP contribution in [0.15, 0.2) is 35.5 Å². The Morgan fingerprint density at radius 3 is 2.45 bits per heavy atom. The Kier molecular flexibility index (Phi) is 10.0. The second-order valence-corrected chi connectivity index (χ2v) is 7.84. The third-order valence-corrected chi connectivity index (χ3v) is 4.20. The first-order valence-electron chi connectivity index (χ1n) is 8.95. The van der Waals surface area contributed by atoms with E-state index in [1.54, 1.807) is 27.7 Å². The van der Waals surface area contributed by atoms with E-state index in [0.29, 0.717) is 5.75 Å². The van der Waals surface area contributed by atoms with Crippen LogP contribution in [-0.4, -0.2) is 47.9 Å². The predicted molar refractivity (Wildman–Crippen MR) is 110 cm³/mol. The Labute approximate surface area is 174 Å². The third-order valence-electron chi connectivity index (χ3n) is 3.09. The number of esters is 1. The van der Waals surface area contributed by atoms with E-state index in [2.05, 4.69) is 15.2 Å². The van der Waals surface area contributed by atoms with Gasteiger partial charge >= 0.3 is 18.0 Å². The molecule has 0 saturated heterocycles. The van der Waals surface area contributed by atoms with Crippen LogP contribution < -0.4 is 11.1 Å². The number of amides is 1. The first-order valence-corrected chi connectivity index (χ1v) is 10.1. The van der Waals surface area contributed by atoms with Crippen molar-refractivity contribution >= 4 is 35.6 Å². The highest BCUT2D eigenvalue weighted by atomic mass is 32.2. The molecular weight excluding hydrogens is 398 g/mol. The predicted octanol–water partition coefficient (Wildman–Crippen LogP) is 2.19. The van der Waals surface area contributed by atoms with Gasteiger partial charge in [-0.05, 0) is 33.3 Å². The number of carbonyl (C=O) groups is 3. The van der Waals surface area contributed by atoms with Crippen molar-refractivity contribution in [2.45, 2.75) is 45.1 Å². The number of hydrogen-bond donors (Lipinski definition) is 2. The number of alkyl carbamates (subject to hydrolysis) is 1. The number of rotatable bonds is 8. The van der Waals surface area contributed by atoms with Crippen molar-refractivity contribution in [2.24, 2.45) is 10.9 Å². The van der Waals surface area contributed by atoms with Crippen LogP contribution in [0.1, 0.15) is 33.3 Å². The molecule has 0 aliphatic carbocycles. The average Bonchev–Trinajstić information content (AvgIpc) is 2.64. The number of ether oxygens (including phenoxy) is 2. The minimum absolute atomic E-state index is 0.0992. The maximum Gasteiger partial charge on any atom is 0.408 e. The van der Waals surface area contributed by atoms with Crippen molar-refractivity contribution < 1.29 is 28.7 Å². The van der Waals surface area contributed by atoms with Crippen molar-refractivity contribution in [2.75, 3.05) is 12.4 Å². The molecule has 0 saturated carbocycles. The number of thioether (sulfide) groups is 1. The molecule has 1 aromatic carbocycles. The minimum Gasteiger partial charge on any atom is -0.460 e. The van der Waals surface area contributed by atoms with Gasteiger partial charge in [-0.3, -0.25) is 0 Å². The van der Waals surface area contributed by atoms with Gasteiger partial charge in [0.05, 0.1) is 6.61 Å². The lowest BCUT2D eigenvalue weighted by Gasteiger charge is -2.22. The smallest absolute Gasteiger partial charge is 0.408 e. The van der Waals surface area contributed by atoms with E-state index in [-0.39, 0.29) is 12.4 Å². The third kappa shape index (κ3) is 10.4. The Morgan fingerprint density at radius 2 is 1.86 bits per heavy atom. The summed E-state index contributed by atoms with van der Waals surface area (Å²) in [4.78, 5) is 40.5. The van der Waals surface area contributed by atoms with Gasteiger partial charge in [0.1, 0.15) is 11.6 Å². The van der Waals surface area contributed by atoms with Crippen molar-refractivity contribution in [3.63, 3.8) is 0 Å². The van der Waals surface area contributed by atoms with E-state index >= 15 is 0 Å². The van der Waals surface area contributed by atoms with Crippen molar-refractivity contribution in [3.05, 3.63) is 35.9 Å². The molecule has 1 amide bonds. The van der Waals surface area contributed by atoms with E-state index in [4.69, 9.17) is 15.3 Å². The molecule has 10 heteroatoms. The first kappa shape index (κ1) is 24.3. The summed E-state index contributed by atoms with van der Waals surface area (Å²) in [5, 5.41) is 5.74. The SMILES string of the molecule is CCOC(=O)/C(N)=N/OC(=O)[C@H](CSCc1ccccc1)NC(=O)OC(C)(C)C. The molecule has 9 nitrogen and oxygen atoms in total. The van der Waals surface area contributed by atoms with Crippen LogP contribution in [0.4, 0.5) is 4.79 Å². The van der Waals surface area contributed by atoms with E-state index in [9.17, 15) is 14.4 Å². The number of amidine groups is 1. The fourth-order valence-electron chi connectivity index (χ4n) is 1.89. The highest BCUT2D eigenvalue weighted by Crippen LogP contribution is 2.14. The number of nitrogens with zero attached hydrogens (tertiary/aromatic N) is 1. The van der Waals surface area contributed by atoms with Crippen molar-refractivity contribution in [3.8, 4) is 0 Å². The molecule has 0 aliphatic heterocycles. The van der Waals surface area contributed by atoms with Crippen LogP contribution >= 0.6 is 11.8 Å². The van der Waals surface area contributed by atoms with Gasteiger partial charge in [0.25, 0.3) is 0 Å². The molecular formula is C19H27N3O6S. The fourth-order valence-corrected chi connectivity index (χ4v) is 2.89. The Morgan fingerprint density at radius 1 is 1.21 bits per heavy atom. The molecule has 160 valence electrons. The highest BCUT2D eigenvalue weighted by molar-refractivity contribution is 7.98. The summed E-state index contributed by atoms with van der Waals surface area (Å²) < 4.78 is 9.83. The Bertz CT molecular complexity index is 718. The van der Waals surface area contributed by atoms with Gasteiger partial charge in [0, 0.05) is 11.5 Å². The lowest BCUT2D eigenvalue weighted by atomic mass is 10.2. The van der Waals surface area contributed by atoms with Crippen LogP contribution in [0.25, 0.3) is 0 Å². The van der Waals surface area contributed by atoms with Gasteiger partial charge < -0.3 is 25.4 Å². The second kappa shape index (κ2) is 11.9. The molecule has 3 N–H and O–H groups in total. The second-order valence-electron chi connectivity index (χ2n) is 6.81. The summed E-state index contributed by atoms with van der Waals surface area (Å²) >= 11 is 1.41. The van der Waals surface area contributed by atoms with Crippen molar-refractivity contribution in [1.82, 2.24) is 5.32 Å². The standard InChI is InChI=1S/C19H27N3O6S/c1-5-26-17(24)15(20)22-28-16(23)14(21-18(25)27-19(2,3)4)12-29-11-13-9-7-6-8-10-13/h6-10,14H,5,11-12H2,1-4H3,(H2,20,22)(H,21,25)/t14-/m0/s1. The number of nitrogens with two attached hydrogens (primary N) is 1. The molecule has 1 aromatic rings. The van der Waals surface area contributed by atoms with E-state index in [1.807, 2.05) is 30.3 Å². The van der Waals surface area contributed by atoms with E-state index in [1.165, 1.54) is 11.8 Å². The van der Waals surface area contributed by atoms with Gasteiger partial charge in [-0.15, -0.1) is 0 Å². The van der Waals surface area contributed by atoms with Gasteiger partial charge in [0.2, 0.25) is 5.84 Å². The number of oxime groups is 1. The zero-order chi connectivity index (χ0) is 21.9. The van der Waals surface area contributed by atoms with Gasteiger partial charge in [0.15, 0.2) is 0 Å². The van der Waals surface area contributed by atoms with Crippen LogP contribution in [0.2, 0.25) is 0 Å². The van der Waals surface area contributed by atoms with Crippen LogP contribution in [0.5, 0.6) is 0 Å². The van der Waals surface area contributed by atoms with E-state index < -0.39 is 35.5 Å². The van der Waals surface area contributed by atoms with Crippen LogP contribution in [0.3, 0.4) is 0 Å². The number of nitrogens with one attached hydrogen (secondary N) is 1. The highest BCUT2D eigenvalue weighted by Gasteiger charge is 2.26. The van der Waals surface area contributed by atoms with Gasteiger partial charge in [-0.1, -0.05) is 35.5 Å². The minimum atomic E-state index is -1.06. The number of carbonyl (C=O) groups excluding carboxylic acids is 3. The molecule has 0 aliphatic rings. The summed E-state index contributed by atoms with van der Waals surface area (Å²) in [6.07, 6.45) is -0.776. The number of hydrogen-bond acceptors (Lipinski definition) is 8. The van der Waals surface area contributed by atoms with Gasteiger partial charge in [-0.2, -0.15) is 11.8 Å². The van der Waals surface area contributed by atoms with E-state index in [0.717, 1.165) is 5.56 Å². The molecule has 0 radical (unpaired) electrons. The molecule has 0 spiro atoms. The molecule has 0 bridgehead atoms. The first-order chi connectivity index (χ1) is 13.6.